The average Bonchev–Trinajstić information content (AvgIpc) is 3.71. The first-order valence-corrected chi connectivity index (χ1v) is 13.8. The van der Waals surface area contributed by atoms with Crippen molar-refractivity contribution in [1.29, 1.82) is 0 Å². The zero-order chi connectivity index (χ0) is 47.1. The minimum absolute atomic E-state index is 0.146. The van der Waals surface area contributed by atoms with E-state index in [0.29, 0.717) is 0 Å². The molecule has 45 heavy (non-hydrogen) atoms. The molecule has 0 bridgehead atoms. The van der Waals surface area contributed by atoms with E-state index in [0.717, 1.165) is 0 Å². The van der Waals surface area contributed by atoms with Crippen LogP contribution in [0.25, 0.3) is 88.0 Å². The van der Waals surface area contributed by atoms with E-state index in [1.165, 1.54) is 0 Å². The molecule has 0 atom stereocenters. The SMILES string of the molecule is [2H]c1c([2H])c([2H])c(-c2c([2H])c([2H])c(-c3c4ccccc4c(-c4c([2H])c([2H])c5c(oc6c([2H])c([2H])c([2H])c([2H])c65)c4-c4c([2H])c([2H])c([2H])c([2H])c4[2H])c4ccccc34)c([2H])c2[2H])c([2H])c1[2H]. The van der Waals surface area contributed by atoms with Crippen molar-refractivity contribution in [2.45, 2.75) is 0 Å². The summed E-state index contributed by atoms with van der Waals surface area (Å²) in [5.74, 6) is 0. The van der Waals surface area contributed by atoms with Crippen LogP contribution in [0, 0.1) is 0 Å². The molecule has 0 aliphatic carbocycles. The topological polar surface area (TPSA) is 13.1 Å². The maximum atomic E-state index is 9.75. The standard InChI is InChI=1S/C44H28O/c1-3-13-29(14-4-1)30-23-25-32(26-24-30)41-34-18-7-9-20-36(34)43(37-21-10-8-19-35(37)41)39-28-27-38-33-17-11-12-22-40(33)45-44(38)42(39)31-15-5-2-6-16-31/h1-28H/i1D,2D,3D,4D,5D,6D,11D,12D,13D,14D,15D,16D,17D,22D,23D,24D,25D,26D,27D,28D. The largest absolute Gasteiger partial charge is 0.455 e. The number of hydrogen-bond donors (Lipinski definition) is 0. The Kier molecular flexibility index (Phi) is 2.90. The summed E-state index contributed by atoms with van der Waals surface area (Å²) in [6, 6.07) is -0.652. The van der Waals surface area contributed by atoms with Crippen molar-refractivity contribution in [2.75, 3.05) is 0 Å². The van der Waals surface area contributed by atoms with Crippen LogP contribution in [0.5, 0.6) is 0 Å². The molecule has 0 saturated heterocycles. The van der Waals surface area contributed by atoms with Crippen LogP contribution < -0.4 is 0 Å². The van der Waals surface area contributed by atoms with Crippen molar-refractivity contribution < 1.29 is 31.8 Å². The zero-order valence-electron chi connectivity index (χ0n) is 43.0. The molecule has 0 amide bonds. The number of benzene rings is 8. The van der Waals surface area contributed by atoms with Gasteiger partial charge in [-0.2, -0.15) is 0 Å². The predicted molar refractivity (Wildman–Crippen MR) is 190 cm³/mol. The molecule has 1 heterocycles. The molecule has 0 aliphatic heterocycles. The molecule has 1 aromatic heterocycles. The number of hydrogen-bond acceptors (Lipinski definition) is 1. The van der Waals surface area contributed by atoms with Gasteiger partial charge in [-0.25, -0.2) is 0 Å². The van der Waals surface area contributed by atoms with Gasteiger partial charge in [-0.05, 0) is 72.6 Å². The molecule has 0 saturated carbocycles. The quantitative estimate of drug-likeness (QED) is 0.185. The maximum Gasteiger partial charge on any atom is 0.143 e. The van der Waals surface area contributed by atoms with Gasteiger partial charge in [-0.15, -0.1) is 0 Å². The van der Waals surface area contributed by atoms with Crippen molar-refractivity contribution in [3.05, 3.63) is 169 Å². The Morgan fingerprint density at radius 1 is 0.356 bits per heavy atom. The van der Waals surface area contributed by atoms with Crippen molar-refractivity contribution in [2.24, 2.45) is 0 Å². The summed E-state index contributed by atoms with van der Waals surface area (Å²) in [5, 5.41) is 0.517. The van der Waals surface area contributed by atoms with Crippen LogP contribution in [0.1, 0.15) is 27.4 Å². The summed E-state index contributed by atoms with van der Waals surface area (Å²) < 4.78 is 182. The predicted octanol–water partition coefficient (Wildman–Crippen LogP) is 12.6. The third-order valence-corrected chi connectivity index (χ3v) is 7.68. The Bertz CT molecular complexity index is 3520. The van der Waals surface area contributed by atoms with Crippen LogP contribution in [-0.4, -0.2) is 0 Å². The normalized spacial score (nSPS) is 17.8. The first kappa shape index (κ1) is 12.6. The second-order valence-electron chi connectivity index (χ2n) is 10.1. The van der Waals surface area contributed by atoms with Gasteiger partial charge in [0.05, 0.1) is 27.4 Å². The van der Waals surface area contributed by atoms with E-state index < -0.39 is 143 Å². The monoisotopic (exact) mass is 592 g/mol. The van der Waals surface area contributed by atoms with E-state index >= 15 is 0 Å². The van der Waals surface area contributed by atoms with Gasteiger partial charge in [-0.1, -0.05) is 157 Å². The van der Waals surface area contributed by atoms with Crippen molar-refractivity contribution >= 4 is 43.5 Å². The lowest BCUT2D eigenvalue weighted by molar-refractivity contribution is 0.670. The highest BCUT2D eigenvalue weighted by atomic mass is 16.3. The van der Waals surface area contributed by atoms with E-state index in [1.807, 2.05) is 0 Å². The molecule has 0 spiro atoms. The van der Waals surface area contributed by atoms with Crippen LogP contribution in [0.3, 0.4) is 0 Å². The van der Waals surface area contributed by atoms with E-state index in [-0.39, 0.29) is 65.7 Å². The van der Waals surface area contributed by atoms with Crippen LogP contribution in [0.4, 0.5) is 0 Å². The minimum Gasteiger partial charge on any atom is -0.455 e. The fourth-order valence-electron chi connectivity index (χ4n) is 5.82. The lowest BCUT2D eigenvalue weighted by atomic mass is 9.83. The molecule has 0 radical (unpaired) electrons. The number of fused-ring (bicyclic) bond motifs is 5. The molecule has 0 aliphatic rings. The average molecular weight is 593 g/mol. The molecule has 9 aromatic rings. The van der Waals surface area contributed by atoms with E-state index in [1.54, 1.807) is 48.5 Å². The molecule has 0 N–H and O–H groups in total. The fraction of sp³-hybridized carbons (Fsp3) is 0. The second kappa shape index (κ2) is 10.4. The first-order valence-electron chi connectivity index (χ1n) is 23.8. The van der Waals surface area contributed by atoms with Gasteiger partial charge in [0.1, 0.15) is 11.2 Å². The summed E-state index contributed by atoms with van der Waals surface area (Å²) >= 11 is 0. The highest BCUT2D eigenvalue weighted by Crippen LogP contribution is 2.48. The highest BCUT2D eigenvalue weighted by Gasteiger charge is 2.22. The van der Waals surface area contributed by atoms with Gasteiger partial charge in [0.15, 0.2) is 0 Å². The maximum absolute atomic E-state index is 9.75. The zero-order valence-corrected chi connectivity index (χ0v) is 23.0. The fourth-order valence-corrected chi connectivity index (χ4v) is 5.82. The minimum atomic E-state index is -0.748. The lowest BCUT2D eigenvalue weighted by Gasteiger charge is -2.20. The second-order valence-corrected chi connectivity index (χ2v) is 10.1. The van der Waals surface area contributed by atoms with Gasteiger partial charge in [0.2, 0.25) is 0 Å². The van der Waals surface area contributed by atoms with Gasteiger partial charge >= 0.3 is 0 Å². The summed E-state index contributed by atoms with van der Waals surface area (Å²) in [7, 11) is 0. The Labute approximate surface area is 289 Å². The molecule has 0 fully saturated rings. The van der Waals surface area contributed by atoms with Crippen molar-refractivity contribution in [3.8, 4) is 44.5 Å². The Balaban J connectivity index is 1.50. The number of para-hydroxylation sites is 1. The molecule has 1 heteroatoms. The van der Waals surface area contributed by atoms with Crippen molar-refractivity contribution in [1.82, 2.24) is 0 Å². The Morgan fingerprint density at radius 2 is 0.844 bits per heavy atom. The highest BCUT2D eigenvalue weighted by molar-refractivity contribution is 6.24. The van der Waals surface area contributed by atoms with Crippen molar-refractivity contribution in [3.63, 3.8) is 0 Å². The molecule has 8 aromatic carbocycles. The van der Waals surface area contributed by atoms with Gasteiger partial charge < -0.3 is 4.42 Å². The van der Waals surface area contributed by atoms with Crippen LogP contribution in [0.15, 0.2) is 174 Å². The van der Waals surface area contributed by atoms with Crippen LogP contribution in [-0.2, 0) is 0 Å². The molecule has 1 nitrogen and oxygen atoms in total. The number of furan rings is 1. The van der Waals surface area contributed by atoms with E-state index in [2.05, 4.69) is 0 Å². The molecular weight excluding hydrogens is 544 g/mol. The summed E-state index contributed by atoms with van der Waals surface area (Å²) in [5.41, 5.74) is -2.67. The number of rotatable bonds is 4. The van der Waals surface area contributed by atoms with Gasteiger partial charge in [0, 0.05) is 16.3 Å². The molecule has 0 unspecified atom stereocenters. The molecular formula is C44H28O. The van der Waals surface area contributed by atoms with Gasteiger partial charge in [0.25, 0.3) is 0 Å². The summed E-state index contributed by atoms with van der Waals surface area (Å²) in [6.45, 7) is 0. The summed E-state index contributed by atoms with van der Waals surface area (Å²) in [6.07, 6.45) is 0. The smallest absolute Gasteiger partial charge is 0.143 e. The Hall–Kier alpha value is -5.92. The molecule has 9 rings (SSSR count). The third-order valence-electron chi connectivity index (χ3n) is 7.68. The Morgan fingerprint density at radius 3 is 1.49 bits per heavy atom. The lowest BCUT2D eigenvalue weighted by Crippen LogP contribution is -1.93. The first-order chi connectivity index (χ1) is 30.7. The van der Waals surface area contributed by atoms with Crippen LogP contribution in [0.2, 0.25) is 0 Å². The third kappa shape index (κ3) is 4.09. The summed E-state index contributed by atoms with van der Waals surface area (Å²) in [4.78, 5) is 0. The van der Waals surface area contributed by atoms with Crippen LogP contribution >= 0.6 is 0 Å². The van der Waals surface area contributed by atoms with Gasteiger partial charge in [-0.3, -0.25) is 0 Å². The van der Waals surface area contributed by atoms with E-state index in [9.17, 15) is 8.22 Å². The molecule has 210 valence electrons. The van der Waals surface area contributed by atoms with E-state index in [4.69, 9.17) is 23.6 Å².